The Morgan fingerprint density at radius 2 is 0.543 bits per heavy atom. The zero-order valence-electron chi connectivity index (χ0n) is 62.3. The van der Waals surface area contributed by atoms with Crippen LogP contribution in [-0.2, 0) is 14.3 Å². The molecule has 0 radical (unpaired) electrons. The van der Waals surface area contributed by atoms with Crippen LogP contribution in [0.1, 0.15) is 463 Å². The summed E-state index contributed by atoms with van der Waals surface area (Å²) in [6, 6.07) is -0.628. The number of aliphatic hydroxyl groups excluding tert-OH is 2. The van der Waals surface area contributed by atoms with E-state index in [1.54, 1.807) is 6.08 Å². The van der Waals surface area contributed by atoms with Gasteiger partial charge >= 0.3 is 5.97 Å². The first-order chi connectivity index (χ1) is 45.5. The fourth-order valence-electron chi connectivity index (χ4n) is 13.2. The maximum atomic E-state index is 12.5. The molecule has 0 aromatic rings. The smallest absolute Gasteiger partial charge is 0.305 e. The summed E-state index contributed by atoms with van der Waals surface area (Å²) in [6.45, 7) is 4.95. The fraction of sp³-hybridized carbons (Fsp3) is 0.884. The second-order valence-electron chi connectivity index (χ2n) is 28.8. The van der Waals surface area contributed by atoms with Gasteiger partial charge in [-0.15, -0.1) is 0 Å². The Balaban J connectivity index is 3.38. The number of unbranched alkanes of at least 4 members (excludes halogenated alkanes) is 62. The number of aliphatic hydroxyl groups is 2. The summed E-state index contributed by atoms with van der Waals surface area (Å²) in [7, 11) is 0. The lowest BCUT2D eigenvalue weighted by molar-refractivity contribution is -0.143. The monoisotopic (exact) mass is 1290 g/mol. The second kappa shape index (κ2) is 81.2. The van der Waals surface area contributed by atoms with Crippen molar-refractivity contribution >= 4 is 11.9 Å². The van der Waals surface area contributed by atoms with Gasteiger partial charge in [-0.25, -0.2) is 0 Å². The van der Waals surface area contributed by atoms with Crippen molar-refractivity contribution in [2.75, 3.05) is 13.2 Å². The Bertz CT molecular complexity index is 1540. The lowest BCUT2D eigenvalue weighted by Gasteiger charge is -2.20. The number of carbonyl (C=O) groups excluding carboxylic acids is 2. The molecule has 6 heteroatoms. The molecule has 3 N–H and O–H groups in total. The maximum absolute atomic E-state index is 12.5. The molecule has 6 nitrogen and oxygen atoms in total. The van der Waals surface area contributed by atoms with Gasteiger partial charge in [-0.2, -0.15) is 0 Å². The van der Waals surface area contributed by atoms with Gasteiger partial charge in [-0.3, -0.25) is 9.59 Å². The highest BCUT2D eigenvalue weighted by molar-refractivity contribution is 5.76. The van der Waals surface area contributed by atoms with Crippen LogP contribution in [-0.4, -0.2) is 47.4 Å². The summed E-state index contributed by atoms with van der Waals surface area (Å²) < 4.78 is 5.52. The van der Waals surface area contributed by atoms with E-state index in [1.807, 2.05) is 6.08 Å². The standard InChI is InChI=1S/C86H163NO5/c1-3-5-7-9-11-13-15-17-19-21-23-39-43-46-50-54-58-62-66-70-74-78-84(89)83(82-88)87-85(90)79-75-71-67-63-59-55-51-47-44-40-37-35-33-31-29-27-25-24-26-28-30-32-34-36-38-41-45-49-53-57-61-65-69-73-77-81-92-86(91)80-76-72-68-64-60-56-52-48-42-22-20-18-16-14-12-10-8-6-4-2/h18,20,26,28,32,34,74,78,83-84,88-89H,3-17,19,21-25,27,29-31,33,35-73,75-77,79-82H2,1-2H3,(H,87,90)/b20-18-,28-26-,34-32-,78-74+. The van der Waals surface area contributed by atoms with Crippen LogP contribution in [0.4, 0.5) is 0 Å². The van der Waals surface area contributed by atoms with Gasteiger partial charge in [0, 0.05) is 12.8 Å². The Morgan fingerprint density at radius 1 is 0.304 bits per heavy atom. The Hall–Kier alpha value is -2.18. The molecule has 0 spiro atoms. The van der Waals surface area contributed by atoms with Crippen molar-refractivity contribution in [3.63, 3.8) is 0 Å². The Morgan fingerprint density at radius 3 is 0.837 bits per heavy atom. The molecule has 0 aliphatic rings. The van der Waals surface area contributed by atoms with E-state index >= 15 is 0 Å². The van der Waals surface area contributed by atoms with Crippen LogP contribution in [0.2, 0.25) is 0 Å². The third kappa shape index (κ3) is 76.8. The topological polar surface area (TPSA) is 95.9 Å². The highest BCUT2D eigenvalue weighted by Crippen LogP contribution is 2.20. The molecule has 0 aromatic heterocycles. The van der Waals surface area contributed by atoms with E-state index in [9.17, 15) is 19.8 Å². The zero-order valence-corrected chi connectivity index (χ0v) is 62.3. The van der Waals surface area contributed by atoms with Crippen LogP contribution in [0.3, 0.4) is 0 Å². The molecular formula is C86H163NO5. The summed E-state index contributed by atoms with van der Waals surface area (Å²) >= 11 is 0. The molecule has 92 heavy (non-hydrogen) atoms. The summed E-state index contributed by atoms with van der Waals surface area (Å²) in [5.74, 6) is -0.0444. The average molecular weight is 1290 g/mol. The maximum Gasteiger partial charge on any atom is 0.305 e. The largest absolute Gasteiger partial charge is 0.466 e. The molecule has 0 saturated heterocycles. The molecule has 2 unspecified atom stereocenters. The number of ether oxygens (including phenoxy) is 1. The van der Waals surface area contributed by atoms with Crippen molar-refractivity contribution in [1.82, 2.24) is 5.32 Å². The average Bonchev–Trinajstić information content (AvgIpc) is 3.75. The number of hydrogen-bond acceptors (Lipinski definition) is 5. The lowest BCUT2D eigenvalue weighted by atomic mass is 10.0. The van der Waals surface area contributed by atoms with Crippen molar-refractivity contribution in [2.24, 2.45) is 0 Å². The van der Waals surface area contributed by atoms with E-state index < -0.39 is 12.1 Å². The lowest BCUT2D eigenvalue weighted by Crippen LogP contribution is -2.45. The van der Waals surface area contributed by atoms with Crippen LogP contribution in [0, 0.1) is 0 Å². The minimum absolute atomic E-state index is 0.0168. The van der Waals surface area contributed by atoms with Gasteiger partial charge in [0.25, 0.3) is 0 Å². The molecular weight excluding hydrogens is 1130 g/mol. The molecule has 2 atom stereocenters. The number of hydrogen-bond donors (Lipinski definition) is 3. The third-order valence-electron chi connectivity index (χ3n) is 19.6. The Labute approximate surface area is 576 Å². The number of nitrogens with one attached hydrogen (secondary N) is 1. The quantitative estimate of drug-likeness (QED) is 0.0320. The van der Waals surface area contributed by atoms with Crippen molar-refractivity contribution in [3.05, 3.63) is 48.6 Å². The van der Waals surface area contributed by atoms with Crippen molar-refractivity contribution in [2.45, 2.75) is 475 Å². The van der Waals surface area contributed by atoms with Crippen LogP contribution >= 0.6 is 0 Å². The molecule has 0 aromatic carbocycles. The van der Waals surface area contributed by atoms with Crippen molar-refractivity contribution in [1.29, 1.82) is 0 Å². The summed E-state index contributed by atoms with van der Waals surface area (Å²) in [5.41, 5.74) is 0. The van der Waals surface area contributed by atoms with Crippen LogP contribution in [0.25, 0.3) is 0 Å². The summed E-state index contributed by atoms with van der Waals surface area (Å²) in [4.78, 5) is 24.7. The van der Waals surface area contributed by atoms with E-state index in [0.29, 0.717) is 19.4 Å². The second-order valence-corrected chi connectivity index (χ2v) is 28.8. The first-order valence-corrected chi connectivity index (χ1v) is 41.9. The van der Waals surface area contributed by atoms with Crippen LogP contribution in [0.5, 0.6) is 0 Å². The van der Waals surface area contributed by atoms with Crippen molar-refractivity contribution in [3.8, 4) is 0 Å². The summed E-state index contributed by atoms with van der Waals surface area (Å²) in [6.07, 6.45) is 108. The molecule has 0 saturated carbocycles. The van der Waals surface area contributed by atoms with Gasteiger partial charge in [0.15, 0.2) is 0 Å². The minimum Gasteiger partial charge on any atom is -0.466 e. The number of amides is 1. The molecule has 542 valence electrons. The van der Waals surface area contributed by atoms with E-state index in [-0.39, 0.29) is 18.5 Å². The minimum atomic E-state index is -0.845. The molecule has 0 rings (SSSR count). The molecule has 1 amide bonds. The van der Waals surface area contributed by atoms with E-state index in [0.717, 1.165) is 44.9 Å². The van der Waals surface area contributed by atoms with Crippen molar-refractivity contribution < 1.29 is 24.5 Å². The number of rotatable bonds is 79. The summed E-state index contributed by atoms with van der Waals surface area (Å²) in [5, 5.41) is 23.3. The highest BCUT2D eigenvalue weighted by atomic mass is 16.5. The number of allylic oxidation sites excluding steroid dienone is 7. The van der Waals surface area contributed by atoms with E-state index in [2.05, 4.69) is 55.6 Å². The molecule has 0 fully saturated rings. The predicted octanol–water partition coefficient (Wildman–Crippen LogP) is 27.9. The highest BCUT2D eigenvalue weighted by Gasteiger charge is 2.18. The van der Waals surface area contributed by atoms with Gasteiger partial charge in [0.05, 0.1) is 25.4 Å². The fourth-order valence-corrected chi connectivity index (χ4v) is 13.2. The SMILES string of the molecule is CCCCCCCC/C=C\CCCCCCCCCCCC(=O)OCCCCCCCCCCCCC/C=C\C/C=C\CCCCCCCCCCCCCCCCCCCC(=O)NC(CO)C(O)/C=C/CCCCCCCCCCCCCCCCCCCCC. The van der Waals surface area contributed by atoms with E-state index in [1.165, 1.54) is 392 Å². The first-order valence-electron chi connectivity index (χ1n) is 41.9. The van der Waals surface area contributed by atoms with E-state index in [4.69, 9.17) is 4.74 Å². The van der Waals surface area contributed by atoms with Gasteiger partial charge in [0.2, 0.25) is 5.91 Å². The van der Waals surface area contributed by atoms with Gasteiger partial charge in [-0.05, 0) is 89.9 Å². The van der Waals surface area contributed by atoms with Crippen LogP contribution < -0.4 is 5.32 Å². The van der Waals surface area contributed by atoms with Gasteiger partial charge in [0.1, 0.15) is 0 Å². The molecule has 0 heterocycles. The normalized spacial score (nSPS) is 12.7. The third-order valence-corrected chi connectivity index (χ3v) is 19.6. The van der Waals surface area contributed by atoms with Gasteiger partial charge in [-0.1, -0.05) is 409 Å². The van der Waals surface area contributed by atoms with Crippen LogP contribution in [0.15, 0.2) is 48.6 Å². The molecule has 0 bridgehead atoms. The molecule has 0 aliphatic carbocycles. The first kappa shape index (κ1) is 89.8. The number of carbonyl (C=O) groups is 2. The van der Waals surface area contributed by atoms with Gasteiger partial charge < -0.3 is 20.3 Å². The molecule has 0 aliphatic heterocycles. The Kier molecular flexibility index (Phi) is 79.3. The number of esters is 1. The zero-order chi connectivity index (χ0) is 66.3. The predicted molar refractivity (Wildman–Crippen MR) is 407 cm³/mol.